The third kappa shape index (κ3) is 51.6. The second kappa shape index (κ2) is 54.2. The lowest BCUT2D eigenvalue weighted by atomic mass is 10.0. The second-order valence-corrected chi connectivity index (χ2v) is 18.1. The molecule has 0 spiro atoms. The van der Waals surface area contributed by atoms with Crippen LogP contribution in [0.3, 0.4) is 0 Å². The van der Waals surface area contributed by atoms with Crippen LogP contribution in [-0.4, -0.2) is 37.2 Å². The van der Waals surface area contributed by atoms with Gasteiger partial charge in [-0.3, -0.25) is 14.4 Å². The maximum Gasteiger partial charge on any atom is 0.306 e. The Morgan fingerprint density at radius 2 is 0.591 bits per heavy atom. The number of carbonyl (C=O) groups is 3. The van der Waals surface area contributed by atoms with Gasteiger partial charge in [0.2, 0.25) is 0 Å². The van der Waals surface area contributed by atoms with Crippen molar-refractivity contribution < 1.29 is 28.6 Å². The lowest BCUT2D eigenvalue weighted by Gasteiger charge is -2.18. The highest BCUT2D eigenvalue weighted by atomic mass is 16.6. The summed E-state index contributed by atoms with van der Waals surface area (Å²) in [5, 5.41) is 0. The molecule has 0 aliphatic rings. The van der Waals surface area contributed by atoms with Crippen LogP contribution < -0.4 is 0 Å². The first-order valence-corrected chi connectivity index (χ1v) is 27.6. The minimum atomic E-state index is -0.781. The van der Waals surface area contributed by atoms with Crippen LogP contribution in [0, 0.1) is 0 Å². The highest BCUT2D eigenvalue weighted by Gasteiger charge is 2.19. The van der Waals surface area contributed by atoms with E-state index < -0.39 is 6.10 Å². The monoisotopic (exact) mass is 919 g/mol. The summed E-state index contributed by atoms with van der Waals surface area (Å²) >= 11 is 0. The molecule has 1 atom stereocenters. The molecule has 6 heteroatoms. The predicted molar refractivity (Wildman–Crippen MR) is 284 cm³/mol. The normalized spacial score (nSPS) is 12.7. The van der Waals surface area contributed by atoms with Gasteiger partial charge >= 0.3 is 17.9 Å². The van der Waals surface area contributed by atoms with Gasteiger partial charge in [-0.2, -0.15) is 0 Å². The Kier molecular flexibility index (Phi) is 51.4. The van der Waals surface area contributed by atoms with Crippen molar-refractivity contribution in [1.29, 1.82) is 0 Å². The van der Waals surface area contributed by atoms with E-state index >= 15 is 0 Å². The molecule has 0 N–H and O–H groups in total. The molecule has 0 aromatic carbocycles. The van der Waals surface area contributed by atoms with Crippen molar-refractivity contribution in [2.75, 3.05) is 13.2 Å². The Balaban J connectivity index is 4.13. The van der Waals surface area contributed by atoms with Gasteiger partial charge < -0.3 is 14.2 Å². The first-order chi connectivity index (χ1) is 32.5. The Labute approximate surface area is 407 Å². The van der Waals surface area contributed by atoms with Gasteiger partial charge in [-0.05, 0) is 96.3 Å². The smallest absolute Gasteiger partial charge is 0.306 e. The van der Waals surface area contributed by atoms with Gasteiger partial charge in [-0.1, -0.05) is 228 Å². The van der Waals surface area contributed by atoms with Crippen molar-refractivity contribution in [2.45, 2.75) is 264 Å². The summed E-state index contributed by atoms with van der Waals surface area (Å²) in [7, 11) is 0. The molecule has 0 aromatic heterocycles. The average molecular weight is 919 g/mol. The van der Waals surface area contributed by atoms with Crippen molar-refractivity contribution in [3.8, 4) is 0 Å². The van der Waals surface area contributed by atoms with Crippen LogP contribution in [0.15, 0.2) is 85.1 Å². The molecular weight excluding hydrogens is 817 g/mol. The molecular formula is C60H102O6. The summed E-state index contributed by atoms with van der Waals surface area (Å²) in [5.74, 6) is -0.907. The number of hydrogen-bond acceptors (Lipinski definition) is 6. The van der Waals surface area contributed by atoms with Crippen LogP contribution in [0.25, 0.3) is 0 Å². The van der Waals surface area contributed by atoms with Crippen LogP contribution >= 0.6 is 0 Å². The summed E-state index contributed by atoms with van der Waals surface area (Å²) < 4.78 is 16.7. The molecule has 0 aliphatic carbocycles. The topological polar surface area (TPSA) is 78.9 Å². The van der Waals surface area contributed by atoms with Gasteiger partial charge in [-0.15, -0.1) is 0 Å². The van der Waals surface area contributed by atoms with Crippen LogP contribution in [0.5, 0.6) is 0 Å². The van der Waals surface area contributed by atoms with E-state index in [1.54, 1.807) is 0 Å². The Morgan fingerprint density at radius 3 is 0.955 bits per heavy atom. The third-order valence-electron chi connectivity index (χ3n) is 11.6. The van der Waals surface area contributed by atoms with E-state index in [9.17, 15) is 14.4 Å². The number of allylic oxidation sites excluding steroid dienone is 14. The number of esters is 3. The van der Waals surface area contributed by atoms with Crippen molar-refractivity contribution in [3.05, 3.63) is 85.1 Å². The molecule has 0 bridgehead atoms. The first kappa shape index (κ1) is 62.6. The van der Waals surface area contributed by atoms with Gasteiger partial charge in [0.25, 0.3) is 0 Å². The highest BCUT2D eigenvalue weighted by molar-refractivity contribution is 5.71. The maximum atomic E-state index is 12.8. The van der Waals surface area contributed by atoms with Gasteiger partial charge in [0.1, 0.15) is 13.2 Å². The molecule has 378 valence electrons. The molecule has 6 nitrogen and oxygen atoms in total. The molecule has 0 aromatic rings. The highest BCUT2D eigenvalue weighted by Crippen LogP contribution is 2.15. The average Bonchev–Trinajstić information content (AvgIpc) is 3.31. The fourth-order valence-electron chi connectivity index (χ4n) is 7.50. The van der Waals surface area contributed by atoms with Crippen molar-refractivity contribution in [1.82, 2.24) is 0 Å². The summed E-state index contributed by atoms with van der Waals surface area (Å²) in [6.45, 7) is 6.43. The summed E-state index contributed by atoms with van der Waals surface area (Å²) in [5.41, 5.74) is 0. The van der Waals surface area contributed by atoms with E-state index in [0.717, 1.165) is 116 Å². The molecule has 0 radical (unpaired) electrons. The molecule has 0 amide bonds. The largest absolute Gasteiger partial charge is 0.462 e. The number of carbonyl (C=O) groups excluding carboxylic acids is 3. The van der Waals surface area contributed by atoms with Gasteiger partial charge in [0.05, 0.1) is 0 Å². The van der Waals surface area contributed by atoms with Crippen molar-refractivity contribution in [3.63, 3.8) is 0 Å². The van der Waals surface area contributed by atoms with Gasteiger partial charge in [0.15, 0.2) is 6.10 Å². The quantitative estimate of drug-likeness (QED) is 0.0262. The molecule has 0 heterocycles. The second-order valence-electron chi connectivity index (χ2n) is 18.1. The number of unbranched alkanes of at least 4 members (excludes halogenated alkanes) is 24. The molecule has 66 heavy (non-hydrogen) atoms. The summed E-state index contributed by atoms with van der Waals surface area (Å²) in [6.07, 6.45) is 70.3. The first-order valence-electron chi connectivity index (χ1n) is 27.6. The van der Waals surface area contributed by atoms with E-state index in [1.807, 2.05) is 0 Å². The van der Waals surface area contributed by atoms with E-state index in [1.165, 1.54) is 103 Å². The molecule has 1 unspecified atom stereocenters. The fraction of sp³-hybridized carbons (Fsp3) is 0.717. The molecule has 0 aliphatic heterocycles. The third-order valence-corrected chi connectivity index (χ3v) is 11.6. The summed E-state index contributed by atoms with van der Waals surface area (Å²) in [6, 6.07) is 0. The minimum absolute atomic E-state index is 0.0824. The van der Waals surface area contributed by atoms with E-state index in [2.05, 4.69) is 106 Å². The Morgan fingerprint density at radius 1 is 0.318 bits per heavy atom. The standard InChI is InChI=1S/C60H102O6/c1-4-7-10-13-16-18-20-22-24-25-26-27-28-29-30-31-32-33-34-35-37-38-40-42-44-47-50-53-59(62)65-56-57(55-64-58(61)52-49-46-15-12-9-6-3)66-60(63)54-51-48-45-43-41-39-36-23-21-19-17-14-11-8-5-2/h7,10,16-19,22-24,26-27,29-30,36,57H,4-6,8-9,11-15,20-21,25,28,31-35,37-56H2,1-3H3/b10-7-,18-16-,19-17-,24-22-,27-26-,30-29-,36-23-. The van der Waals surface area contributed by atoms with Crippen LogP contribution in [0.2, 0.25) is 0 Å². The summed E-state index contributed by atoms with van der Waals surface area (Å²) in [4.78, 5) is 37.8. The lowest BCUT2D eigenvalue weighted by Crippen LogP contribution is -2.30. The zero-order valence-corrected chi connectivity index (χ0v) is 43.2. The molecule has 0 saturated carbocycles. The molecule has 0 saturated heterocycles. The predicted octanol–water partition coefficient (Wildman–Crippen LogP) is 18.4. The van der Waals surface area contributed by atoms with Crippen LogP contribution in [0.4, 0.5) is 0 Å². The molecule has 0 fully saturated rings. The Hall–Kier alpha value is -3.41. The number of ether oxygens (including phenoxy) is 3. The van der Waals surface area contributed by atoms with E-state index in [-0.39, 0.29) is 31.1 Å². The van der Waals surface area contributed by atoms with Crippen molar-refractivity contribution >= 4 is 17.9 Å². The zero-order chi connectivity index (χ0) is 47.9. The van der Waals surface area contributed by atoms with Crippen LogP contribution in [0.1, 0.15) is 258 Å². The van der Waals surface area contributed by atoms with Crippen LogP contribution in [-0.2, 0) is 28.6 Å². The number of hydrogen-bond donors (Lipinski definition) is 0. The fourth-order valence-corrected chi connectivity index (χ4v) is 7.50. The van der Waals surface area contributed by atoms with Gasteiger partial charge in [0, 0.05) is 19.3 Å². The number of rotatable bonds is 49. The Bertz CT molecular complexity index is 1290. The van der Waals surface area contributed by atoms with E-state index in [4.69, 9.17) is 14.2 Å². The SMILES string of the molecule is CC/C=C\C/C=C\C/C=C\C/C=C\C/C=C\CCCCCCCCCCCCCC(=O)OCC(COC(=O)CCCCCCCC)OC(=O)CCCCCCC/C=C\C/C=C\CCCCC. The lowest BCUT2D eigenvalue weighted by molar-refractivity contribution is -0.167. The van der Waals surface area contributed by atoms with E-state index in [0.29, 0.717) is 19.3 Å². The maximum absolute atomic E-state index is 12.8. The van der Waals surface area contributed by atoms with Gasteiger partial charge in [-0.25, -0.2) is 0 Å². The van der Waals surface area contributed by atoms with Crippen molar-refractivity contribution in [2.24, 2.45) is 0 Å². The minimum Gasteiger partial charge on any atom is -0.462 e. The molecule has 0 rings (SSSR count). The zero-order valence-electron chi connectivity index (χ0n) is 43.2.